The normalized spacial score (nSPS) is 26.4. The van der Waals surface area contributed by atoms with E-state index in [0.717, 1.165) is 19.4 Å². The maximum Gasteiger partial charge on any atom is 0.132 e. The first-order valence-corrected chi connectivity index (χ1v) is 6.50. The quantitative estimate of drug-likeness (QED) is 0.732. The highest BCUT2D eigenvalue weighted by molar-refractivity contribution is 5.78. The Morgan fingerprint density at radius 3 is 2.38 bits per heavy atom. The first-order valence-electron chi connectivity index (χ1n) is 6.50. The zero-order valence-corrected chi connectivity index (χ0v) is 11.5. The summed E-state index contributed by atoms with van der Waals surface area (Å²) < 4.78 is 0. The van der Waals surface area contributed by atoms with Crippen LogP contribution in [0.3, 0.4) is 0 Å². The molecule has 0 bridgehead atoms. The minimum Gasteiger partial charge on any atom is -0.303 e. The Labute approximate surface area is 100 Å². The molecule has 0 aromatic heterocycles. The molecule has 0 aromatic rings. The van der Waals surface area contributed by atoms with Gasteiger partial charge < -0.3 is 4.90 Å². The second kappa shape index (κ2) is 5.31. The number of hydrogen-bond acceptors (Lipinski definition) is 2. The Bertz CT molecular complexity index is 242. The monoisotopic (exact) mass is 225 g/mol. The average Bonchev–Trinajstić information content (AvgIpc) is 2.61. The predicted octanol–water partition coefficient (Wildman–Crippen LogP) is 3.11. The van der Waals surface area contributed by atoms with E-state index in [1.807, 2.05) is 0 Å². The Kier molecular flexibility index (Phi) is 4.54. The molecule has 0 unspecified atom stereocenters. The van der Waals surface area contributed by atoms with Crippen molar-refractivity contribution in [1.29, 1.82) is 0 Å². The zero-order valence-electron chi connectivity index (χ0n) is 11.5. The smallest absolute Gasteiger partial charge is 0.132 e. The van der Waals surface area contributed by atoms with Crippen molar-refractivity contribution in [2.75, 3.05) is 13.6 Å². The summed E-state index contributed by atoms with van der Waals surface area (Å²) in [5, 5.41) is 0. The molecule has 1 aliphatic carbocycles. The van der Waals surface area contributed by atoms with Gasteiger partial charge in [-0.15, -0.1) is 0 Å². The summed E-state index contributed by atoms with van der Waals surface area (Å²) in [5.74, 6) is 0.716. The highest BCUT2D eigenvalue weighted by Crippen LogP contribution is 2.30. The van der Waals surface area contributed by atoms with E-state index in [4.69, 9.17) is 0 Å². The largest absolute Gasteiger partial charge is 0.303 e. The van der Waals surface area contributed by atoms with Crippen molar-refractivity contribution in [3.8, 4) is 0 Å². The number of rotatable bonds is 4. The zero-order chi connectivity index (χ0) is 12.3. The highest BCUT2D eigenvalue weighted by atomic mass is 16.1. The summed E-state index contributed by atoms with van der Waals surface area (Å²) in [6.07, 6.45) is 4.60. The molecule has 0 aliphatic heterocycles. The summed E-state index contributed by atoms with van der Waals surface area (Å²) >= 11 is 0. The van der Waals surface area contributed by atoms with Crippen molar-refractivity contribution >= 4 is 5.78 Å². The lowest BCUT2D eigenvalue weighted by atomic mass is 9.92. The number of carbonyl (C=O) groups excluding carboxylic acids is 1. The standard InChI is InChI=1S/C14H27NO/c1-11(16)12-6-7-13(10-12)15(5)9-8-14(2,3)4/h12-13H,6-10H2,1-5H3/t12-,13+/m0/s1. The van der Waals surface area contributed by atoms with Crippen LogP contribution in [0.4, 0.5) is 0 Å². The number of hydrogen-bond donors (Lipinski definition) is 0. The van der Waals surface area contributed by atoms with Crippen LogP contribution in [-0.4, -0.2) is 30.3 Å². The van der Waals surface area contributed by atoms with Gasteiger partial charge in [0, 0.05) is 12.0 Å². The van der Waals surface area contributed by atoms with Crippen molar-refractivity contribution < 1.29 is 4.79 Å². The third-order valence-corrected chi connectivity index (χ3v) is 3.82. The Morgan fingerprint density at radius 1 is 1.31 bits per heavy atom. The fourth-order valence-corrected chi connectivity index (χ4v) is 2.42. The second-order valence-electron chi connectivity index (χ2n) is 6.57. The van der Waals surface area contributed by atoms with Crippen LogP contribution in [0.5, 0.6) is 0 Å². The molecule has 2 heteroatoms. The minimum absolute atomic E-state index is 0.335. The molecule has 94 valence electrons. The van der Waals surface area contributed by atoms with Crippen molar-refractivity contribution in [2.45, 2.75) is 59.4 Å². The molecule has 16 heavy (non-hydrogen) atoms. The SMILES string of the molecule is CC(=O)[C@H]1CC[C@@H](N(C)CCC(C)(C)C)C1. The Balaban J connectivity index is 2.34. The van der Waals surface area contributed by atoms with Gasteiger partial charge in [0.05, 0.1) is 0 Å². The van der Waals surface area contributed by atoms with E-state index < -0.39 is 0 Å². The maximum absolute atomic E-state index is 11.3. The van der Waals surface area contributed by atoms with Gasteiger partial charge in [0.1, 0.15) is 5.78 Å². The fraction of sp³-hybridized carbons (Fsp3) is 0.929. The third kappa shape index (κ3) is 4.25. The summed E-state index contributed by atoms with van der Waals surface area (Å²) in [4.78, 5) is 13.8. The highest BCUT2D eigenvalue weighted by Gasteiger charge is 2.30. The molecule has 0 aromatic carbocycles. The van der Waals surface area contributed by atoms with Gasteiger partial charge in [-0.1, -0.05) is 20.8 Å². The summed E-state index contributed by atoms with van der Waals surface area (Å²) in [6, 6.07) is 0.635. The van der Waals surface area contributed by atoms with Crippen LogP contribution in [0.25, 0.3) is 0 Å². The van der Waals surface area contributed by atoms with E-state index in [0.29, 0.717) is 23.2 Å². The number of carbonyl (C=O) groups is 1. The van der Waals surface area contributed by atoms with E-state index in [2.05, 4.69) is 32.7 Å². The molecule has 0 saturated heterocycles. The molecular weight excluding hydrogens is 198 g/mol. The van der Waals surface area contributed by atoms with E-state index in [1.54, 1.807) is 6.92 Å². The van der Waals surface area contributed by atoms with Crippen LogP contribution in [0.15, 0.2) is 0 Å². The van der Waals surface area contributed by atoms with Gasteiger partial charge in [-0.05, 0) is 51.6 Å². The average molecular weight is 225 g/mol. The van der Waals surface area contributed by atoms with Crippen LogP contribution in [0.1, 0.15) is 53.4 Å². The lowest BCUT2D eigenvalue weighted by Gasteiger charge is -2.28. The lowest BCUT2D eigenvalue weighted by molar-refractivity contribution is -0.120. The van der Waals surface area contributed by atoms with Gasteiger partial charge in [0.25, 0.3) is 0 Å². The van der Waals surface area contributed by atoms with Crippen LogP contribution in [0.2, 0.25) is 0 Å². The molecule has 0 spiro atoms. The topological polar surface area (TPSA) is 20.3 Å². The van der Waals surface area contributed by atoms with Crippen molar-refractivity contribution in [3.05, 3.63) is 0 Å². The van der Waals surface area contributed by atoms with E-state index in [1.165, 1.54) is 12.8 Å². The fourth-order valence-electron chi connectivity index (χ4n) is 2.42. The molecule has 1 fully saturated rings. The number of Topliss-reactive ketones (excluding diaryl/α,β-unsaturated/α-hetero) is 1. The third-order valence-electron chi connectivity index (χ3n) is 3.82. The molecule has 0 radical (unpaired) electrons. The molecule has 1 saturated carbocycles. The summed E-state index contributed by atoms with van der Waals surface area (Å²) in [5.41, 5.74) is 0.410. The molecule has 0 heterocycles. The first-order chi connectivity index (χ1) is 7.29. The summed E-state index contributed by atoms with van der Waals surface area (Å²) in [7, 11) is 2.21. The van der Waals surface area contributed by atoms with E-state index in [9.17, 15) is 4.79 Å². The Hall–Kier alpha value is -0.370. The van der Waals surface area contributed by atoms with Gasteiger partial charge in [-0.3, -0.25) is 4.79 Å². The maximum atomic E-state index is 11.3. The van der Waals surface area contributed by atoms with Gasteiger partial charge in [-0.25, -0.2) is 0 Å². The van der Waals surface area contributed by atoms with Crippen LogP contribution >= 0.6 is 0 Å². The first kappa shape index (κ1) is 13.7. The molecule has 2 atom stereocenters. The van der Waals surface area contributed by atoms with E-state index in [-0.39, 0.29) is 0 Å². The van der Waals surface area contributed by atoms with Crippen molar-refractivity contribution in [1.82, 2.24) is 4.90 Å². The number of nitrogens with zero attached hydrogens (tertiary/aromatic N) is 1. The minimum atomic E-state index is 0.335. The van der Waals surface area contributed by atoms with Gasteiger partial charge >= 0.3 is 0 Å². The molecular formula is C14H27NO. The van der Waals surface area contributed by atoms with Gasteiger partial charge in [0.2, 0.25) is 0 Å². The predicted molar refractivity (Wildman–Crippen MR) is 68.5 cm³/mol. The molecule has 2 nitrogen and oxygen atoms in total. The van der Waals surface area contributed by atoms with Gasteiger partial charge in [0.15, 0.2) is 0 Å². The van der Waals surface area contributed by atoms with Crippen molar-refractivity contribution in [3.63, 3.8) is 0 Å². The molecule has 0 N–H and O–H groups in total. The van der Waals surface area contributed by atoms with Crippen LogP contribution in [0, 0.1) is 11.3 Å². The molecule has 0 amide bonds. The molecule has 1 aliphatic rings. The second-order valence-corrected chi connectivity index (χ2v) is 6.57. The van der Waals surface area contributed by atoms with Crippen LogP contribution < -0.4 is 0 Å². The van der Waals surface area contributed by atoms with Gasteiger partial charge in [-0.2, -0.15) is 0 Å². The lowest BCUT2D eigenvalue weighted by Crippen LogP contribution is -2.32. The van der Waals surface area contributed by atoms with Crippen LogP contribution in [-0.2, 0) is 4.79 Å². The van der Waals surface area contributed by atoms with Crippen molar-refractivity contribution in [2.24, 2.45) is 11.3 Å². The number of ketones is 1. The van der Waals surface area contributed by atoms with E-state index >= 15 is 0 Å². The Morgan fingerprint density at radius 2 is 1.94 bits per heavy atom. The molecule has 1 rings (SSSR count). The summed E-state index contributed by atoms with van der Waals surface area (Å²) in [6.45, 7) is 9.75.